The van der Waals surface area contributed by atoms with E-state index in [1.165, 1.54) is 10.5 Å². The minimum Gasteiger partial charge on any atom is -0.326 e. The number of halogens is 1. The standard InChI is InChI=1S/C15H16BrN3O2S/c16-12-6-13(8-18-7-12)22(20,21)19-9-14(15(17)10-19)11-4-2-1-3-5-11/h1-8,14-15H,9-10,17H2/t14-,15+/m0/s1. The Morgan fingerprint density at radius 3 is 2.59 bits per heavy atom. The summed E-state index contributed by atoms with van der Waals surface area (Å²) in [6.07, 6.45) is 2.92. The Hall–Kier alpha value is -1.28. The first-order valence-electron chi connectivity index (χ1n) is 6.90. The largest absolute Gasteiger partial charge is 0.326 e. The van der Waals surface area contributed by atoms with Crippen molar-refractivity contribution >= 4 is 26.0 Å². The summed E-state index contributed by atoms with van der Waals surface area (Å²) in [5.41, 5.74) is 7.24. The number of hydrogen-bond acceptors (Lipinski definition) is 4. The average Bonchev–Trinajstić information content (AvgIpc) is 2.91. The molecule has 5 nitrogen and oxygen atoms in total. The zero-order chi connectivity index (χ0) is 15.7. The van der Waals surface area contributed by atoms with E-state index in [4.69, 9.17) is 5.73 Å². The number of nitrogens with two attached hydrogens (primary N) is 1. The summed E-state index contributed by atoms with van der Waals surface area (Å²) in [7, 11) is -3.57. The van der Waals surface area contributed by atoms with Crippen molar-refractivity contribution in [2.45, 2.75) is 16.9 Å². The van der Waals surface area contributed by atoms with Crippen LogP contribution in [0.15, 0.2) is 58.2 Å². The van der Waals surface area contributed by atoms with E-state index in [1.54, 1.807) is 12.3 Å². The van der Waals surface area contributed by atoms with E-state index in [2.05, 4.69) is 20.9 Å². The molecule has 7 heteroatoms. The van der Waals surface area contributed by atoms with Gasteiger partial charge < -0.3 is 5.73 Å². The SMILES string of the molecule is N[C@@H]1CN(S(=O)(=O)c2cncc(Br)c2)C[C@H]1c1ccccc1. The van der Waals surface area contributed by atoms with Crippen molar-refractivity contribution in [2.75, 3.05) is 13.1 Å². The van der Waals surface area contributed by atoms with E-state index in [0.717, 1.165) is 5.56 Å². The second-order valence-electron chi connectivity index (χ2n) is 5.34. The smallest absolute Gasteiger partial charge is 0.244 e. The molecule has 1 aliphatic heterocycles. The van der Waals surface area contributed by atoms with Crippen LogP contribution in [0.4, 0.5) is 0 Å². The van der Waals surface area contributed by atoms with Crippen LogP contribution >= 0.6 is 15.9 Å². The molecule has 2 atom stereocenters. The van der Waals surface area contributed by atoms with Gasteiger partial charge in [0.2, 0.25) is 10.0 Å². The maximum atomic E-state index is 12.7. The van der Waals surface area contributed by atoms with E-state index in [0.29, 0.717) is 17.6 Å². The first kappa shape index (κ1) is 15.6. The predicted molar refractivity (Wildman–Crippen MR) is 87.9 cm³/mol. The zero-order valence-electron chi connectivity index (χ0n) is 11.8. The van der Waals surface area contributed by atoms with Gasteiger partial charge in [-0.3, -0.25) is 4.98 Å². The second-order valence-corrected chi connectivity index (χ2v) is 8.20. The zero-order valence-corrected chi connectivity index (χ0v) is 14.2. The van der Waals surface area contributed by atoms with Gasteiger partial charge >= 0.3 is 0 Å². The van der Waals surface area contributed by atoms with Crippen LogP contribution in [0.5, 0.6) is 0 Å². The van der Waals surface area contributed by atoms with Crippen LogP contribution in [0.1, 0.15) is 11.5 Å². The highest BCUT2D eigenvalue weighted by atomic mass is 79.9. The molecule has 0 aliphatic carbocycles. The van der Waals surface area contributed by atoms with Gasteiger partial charge in [-0.15, -0.1) is 0 Å². The fraction of sp³-hybridized carbons (Fsp3) is 0.267. The van der Waals surface area contributed by atoms with Crippen molar-refractivity contribution in [3.8, 4) is 0 Å². The summed E-state index contributed by atoms with van der Waals surface area (Å²) in [4.78, 5) is 4.12. The number of sulfonamides is 1. The average molecular weight is 382 g/mol. The van der Waals surface area contributed by atoms with Crippen molar-refractivity contribution in [3.63, 3.8) is 0 Å². The lowest BCUT2D eigenvalue weighted by atomic mass is 9.95. The van der Waals surface area contributed by atoms with E-state index >= 15 is 0 Å². The molecule has 0 amide bonds. The van der Waals surface area contributed by atoms with Crippen molar-refractivity contribution in [2.24, 2.45) is 5.73 Å². The third kappa shape index (κ3) is 2.94. The van der Waals surface area contributed by atoms with Gasteiger partial charge in [0.05, 0.1) is 0 Å². The number of aromatic nitrogens is 1. The third-order valence-corrected chi connectivity index (χ3v) is 6.11. The molecule has 1 aromatic carbocycles. The van der Waals surface area contributed by atoms with Crippen molar-refractivity contribution in [1.29, 1.82) is 0 Å². The molecule has 3 rings (SSSR count). The van der Waals surface area contributed by atoms with Crippen LogP contribution in [0.3, 0.4) is 0 Å². The normalized spacial score (nSPS) is 22.8. The summed E-state index contributed by atoms with van der Waals surface area (Å²) in [6.45, 7) is 0.703. The monoisotopic (exact) mass is 381 g/mol. The molecule has 1 aromatic heterocycles. The summed E-state index contributed by atoms with van der Waals surface area (Å²) in [5.74, 6) is 0.0103. The van der Waals surface area contributed by atoms with Crippen molar-refractivity contribution < 1.29 is 8.42 Å². The van der Waals surface area contributed by atoms with E-state index < -0.39 is 10.0 Å². The first-order valence-corrected chi connectivity index (χ1v) is 9.13. The number of pyridine rings is 1. The third-order valence-electron chi connectivity index (χ3n) is 3.88. The first-order chi connectivity index (χ1) is 10.5. The maximum Gasteiger partial charge on any atom is 0.244 e. The van der Waals surface area contributed by atoms with E-state index in [1.807, 2.05) is 30.3 Å². The molecule has 1 saturated heterocycles. The van der Waals surface area contributed by atoms with Gasteiger partial charge in [0.1, 0.15) is 4.90 Å². The second kappa shape index (κ2) is 6.08. The topological polar surface area (TPSA) is 76.3 Å². The molecule has 22 heavy (non-hydrogen) atoms. The predicted octanol–water partition coefficient (Wildman–Crippen LogP) is 1.96. The lowest BCUT2D eigenvalue weighted by Gasteiger charge is -2.16. The van der Waals surface area contributed by atoms with Gasteiger partial charge in [-0.05, 0) is 27.6 Å². The lowest BCUT2D eigenvalue weighted by molar-refractivity contribution is 0.470. The summed E-state index contributed by atoms with van der Waals surface area (Å²) >= 11 is 3.25. The number of rotatable bonds is 3. The highest BCUT2D eigenvalue weighted by molar-refractivity contribution is 9.10. The molecule has 2 aromatic rings. The summed E-state index contributed by atoms with van der Waals surface area (Å²) in [6, 6.07) is 11.1. The van der Waals surface area contributed by atoms with Gasteiger partial charge in [-0.2, -0.15) is 4.31 Å². The summed E-state index contributed by atoms with van der Waals surface area (Å²) in [5, 5.41) is 0. The number of nitrogens with zero attached hydrogens (tertiary/aromatic N) is 2. The Balaban J connectivity index is 1.88. The van der Waals surface area contributed by atoms with Crippen LogP contribution in [0.2, 0.25) is 0 Å². The number of hydrogen-bond donors (Lipinski definition) is 1. The molecule has 0 saturated carbocycles. The summed E-state index contributed by atoms with van der Waals surface area (Å²) < 4.78 is 27.5. The van der Waals surface area contributed by atoms with Gasteiger partial charge in [0, 0.05) is 41.9 Å². The van der Waals surface area contributed by atoms with Gasteiger partial charge in [0.25, 0.3) is 0 Å². The van der Waals surface area contributed by atoms with Crippen molar-refractivity contribution in [3.05, 3.63) is 58.8 Å². The van der Waals surface area contributed by atoms with Crippen LogP contribution in [0.25, 0.3) is 0 Å². The fourth-order valence-electron chi connectivity index (χ4n) is 2.72. The molecule has 116 valence electrons. The van der Waals surface area contributed by atoms with Crippen LogP contribution < -0.4 is 5.73 Å². The van der Waals surface area contributed by atoms with E-state index in [-0.39, 0.29) is 16.9 Å². The maximum absolute atomic E-state index is 12.7. The van der Waals surface area contributed by atoms with Crippen LogP contribution in [-0.2, 0) is 10.0 Å². The molecule has 0 unspecified atom stereocenters. The molecule has 0 radical (unpaired) electrons. The highest BCUT2D eigenvalue weighted by Gasteiger charge is 2.38. The minimum absolute atomic E-state index is 0.0103. The highest BCUT2D eigenvalue weighted by Crippen LogP contribution is 2.30. The Morgan fingerprint density at radius 2 is 1.91 bits per heavy atom. The molecular formula is C15H16BrN3O2S. The molecule has 1 aliphatic rings. The molecule has 1 fully saturated rings. The number of benzene rings is 1. The Labute approximate surface area is 138 Å². The molecular weight excluding hydrogens is 366 g/mol. The van der Waals surface area contributed by atoms with Crippen LogP contribution in [-0.4, -0.2) is 36.8 Å². The van der Waals surface area contributed by atoms with E-state index in [9.17, 15) is 8.42 Å². The fourth-order valence-corrected chi connectivity index (χ4v) is 4.73. The molecule has 0 bridgehead atoms. The van der Waals surface area contributed by atoms with Gasteiger partial charge in [-0.25, -0.2) is 8.42 Å². The quantitative estimate of drug-likeness (QED) is 0.881. The Bertz CT molecular complexity index is 767. The van der Waals surface area contributed by atoms with Gasteiger partial charge in [0.15, 0.2) is 0 Å². The Kier molecular flexibility index (Phi) is 4.31. The van der Waals surface area contributed by atoms with Crippen LogP contribution in [0, 0.1) is 0 Å². The molecule has 2 heterocycles. The molecule has 2 N–H and O–H groups in total. The minimum atomic E-state index is -3.57. The Morgan fingerprint density at radius 1 is 1.18 bits per heavy atom. The molecule has 0 spiro atoms. The lowest BCUT2D eigenvalue weighted by Crippen LogP contribution is -2.32. The van der Waals surface area contributed by atoms with Crippen molar-refractivity contribution in [1.82, 2.24) is 9.29 Å². The van der Waals surface area contributed by atoms with Gasteiger partial charge in [-0.1, -0.05) is 30.3 Å².